The maximum absolute atomic E-state index is 13.8. The van der Waals surface area contributed by atoms with E-state index in [4.69, 9.17) is 14.5 Å². The number of aromatic nitrogens is 1. The summed E-state index contributed by atoms with van der Waals surface area (Å²) in [5.41, 5.74) is 0.115. The molecule has 0 radical (unpaired) electrons. The Morgan fingerprint density at radius 2 is 2.02 bits per heavy atom. The van der Waals surface area contributed by atoms with Crippen molar-refractivity contribution in [2.24, 2.45) is 4.99 Å². The van der Waals surface area contributed by atoms with Gasteiger partial charge in [0.05, 0.1) is 6.54 Å². The van der Waals surface area contributed by atoms with Crippen LogP contribution in [0, 0.1) is 0 Å². The zero-order valence-corrected chi connectivity index (χ0v) is 27.7. The predicted molar refractivity (Wildman–Crippen MR) is 170 cm³/mol. The first-order valence-corrected chi connectivity index (χ1v) is 16.5. The summed E-state index contributed by atoms with van der Waals surface area (Å²) >= 11 is 2.83. The summed E-state index contributed by atoms with van der Waals surface area (Å²) in [6.07, 6.45) is 6.44. The number of nitrogens with zero attached hydrogens (tertiary/aromatic N) is 3. The van der Waals surface area contributed by atoms with Gasteiger partial charge < -0.3 is 19.7 Å². The third-order valence-electron chi connectivity index (χ3n) is 6.72. The highest BCUT2D eigenvalue weighted by molar-refractivity contribution is 8.14. The van der Waals surface area contributed by atoms with Crippen molar-refractivity contribution < 1.29 is 28.7 Å². The molecule has 10 nitrogen and oxygen atoms in total. The number of esters is 1. The SMILES string of the molecule is C=C(C)CCCC=CC(CC(C)=O)OC(=O)C1CCCN1C(=O)C1(C)CSC(c2csc(CNC(=O)OC(C)(C)C)n2)=N1. The van der Waals surface area contributed by atoms with Gasteiger partial charge in [-0.25, -0.2) is 14.6 Å². The van der Waals surface area contributed by atoms with Crippen molar-refractivity contribution in [3.05, 3.63) is 40.4 Å². The molecule has 1 N–H and O–H groups in total. The molecule has 3 heterocycles. The summed E-state index contributed by atoms with van der Waals surface area (Å²) in [6, 6.07) is -0.718. The molecule has 3 unspecified atom stereocenters. The number of unbranched alkanes of at least 4 members (excludes halogenated alkanes) is 1. The van der Waals surface area contributed by atoms with Crippen LogP contribution >= 0.6 is 23.1 Å². The predicted octanol–water partition coefficient (Wildman–Crippen LogP) is 5.60. The minimum Gasteiger partial charge on any atom is -0.456 e. The molecule has 1 aromatic heterocycles. The van der Waals surface area contributed by atoms with E-state index in [0.717, 1.165) is 24.8 Å². The molecule has 43 heavy (non-hydrogen) atoms. The average molecular weight is 633 g/mol. The Morgan fingerprint density at radius 3 is 2.70 bits per heavy atom. The summed E-state index contributed by atoms with van der Waals surface area (Å²) < 4.78 is 11.0. The number of aliphatic imine (C=N–C) groups is 1. The molecule has 0 aliphatic carbocycles. The number of allylic oxidation sites excluding steroid dienone is 2. The Labute approximate surface area is 262 Å². The lowest BCUT2D eigenvalue weighted by Crippen LogP contribution is -2.51. The molecule has 1 aromatic rings. The number of hydrogen-bond acceptors (Lipinski definition) is 10. The van der Waals surface area contributed by atoms with Crippen molar-refractivity contribution in [3.8, 4) is 0 Å². The number of ether oxygens (including phenoxy) is 2. The van der Waals surface area contributed by atoms with Gasteiger partial charge in [-0.05, 0) is 79.7 Å². The van der Waals surface area contributed by atoms with Gasteiger partial charge >= 0.3 is 12.1 Å². The first-order chi connectivity index (χ1) is 20.2. The molecule has 2 amide bonds. The van der Waals surface area contributed by atoms with E-state index in [0.29, 0.717) is 40.9 Å². The number of alkyl carbamates (subject to hydrolysis) is 1. The van der Waals surface area contributed by atoms with Gasteiger partial charge in [-0.2, -0.15) is 0 Å². The first-order valence-electron chi connectivity index (χ1n) is 14.6. The number of likely N-dealkylation sites (tertiary alicyclic amines) is 1. The van der Waals surface area contributed by atoms with E-state index >= 15 is 0 Å². The van der Waals surface area contributed by atoms with Crippen LogP contribution in [0.1, 0.15) is 90.8 Å². The number of Topliss-reactive ketones (excluding diaryl/α,β-unsaturated/α-hetero) is 1. The highest BCUT2D eigenvalue weighted by Gasteiger charge is 2.46. The molecule has 236 valence electrons. The fourth-order valence-electron chi connectivity index (χ4n) is 4.68. The van der Waals surface area contributed by atoms with E-state index < -0.39 is 35.3 Å². The van der Waals surface area contributed by atoms with Crippen LogP contribution in [0.3, 0.4) is 0 Å². The van der Waals surface area contributed by atoms with Crippen molar-refractivity contribution >= 4 is 51.9 Å². The van der Waals surface area contributed by atoms with Crippen LogP contribution in [0.25, 0.3) is 0 Å². The lowest BCUT2D eigenvalue weighted by atomic mass is 10.0. The van der Waals surface area contributed by atoms with Gasteiger partial charge in [0.15, 0.2) is 0 Å². The molecule has 1 fully saturated rings. The molecule has 2 aliphatic heterocycles. The maximum Gasteiger partial charge on any atom is 0.408 e. The molecule has 0 bridgehead atoms. The second-order valence-electron chi connectivity index (χ2n) is 12.3. The van der Waals surface area contributed by atoms with Gasteiger partial charge in [0, 0.05) is 24.1 Å². The normalized spacial score (nSPS) is 21.0. The van der Waals surface area contributed by atoms with Crippen molar-refractivity contribution in [2.45, 2.75) is 110 Å². The Balaban J connectivity index is 1.63. The summed E-state index contributed by atoms with van der Waals surface area (Å²) in [4.78, 5) is 61.8. The second-order valence-corrected chi connectivity index (χ2v) is 14.2. The monoisotopic (exact) mass is 632 g/mol. The van der Waals surface area contributed by atoms with Crippen molar-refractivity contribution in [1.82, 2.24) is 15.2 Å². The summed E-state index contributed by atoms with van der Waals surface area (Å²) in [5.74, 6) is -0.381. The lowest BCUT2D eigenvalue weighted by Gasteiger charge is -2.30. The first kappa shape index (κ1) is 34.5. The molecule has 12 heteroatoms. The number of carbonyl (C=O) groups is 4. The number of ketones is 1. The van der Waals surface area contributed by atoms with E-state index in [1.165, 1.54) is 30.0 Å². The van der Waals surface area contributed by atoms with Gasteiger partial charge in [-0.3, -0.25) is 14.6 Å². The smallest absolute Gasteiger partial charge is 0.408 e. The standard InChI is InChI=1S/C31H44N4O6S2/c1-20(2)12-9-8-10-13-22(16-21(3)36)40-27(37)24-14-11-15-35(24)28(38)31(7)19-43-26(34-31)23-18-42-25(33-23)17-32-29(39)41-30(4,5)6/h10,13,18,22,24H,1,8-9,11-12,14-17,19H2,2-7H3,(H,32,39). The molecule has 1 saturated heterocycles. The van der Waals surface area contributed by atoms with Crippen LogP contribution in [0.5, 0.6) is 0 Å². The molecule has 3 atom stereocenters. The van der Waals surface area contributed by atoms with Crippen molar-refractivity contribution in [2.75, 3.05) is 12.3 Å². The van der Waals surface area contributed by atoms with Crippen LogP contribution in [0.4, 0.5) is 4.79 Å². The number of rotatable bonds is 13. The van der Waals surface area contributed by atoms with Crippen LogP contribution in [-0.2, 0) is 30.4 Å². The summed E-state index contributed by atoms with van der Waals surface area (Å²) in [6.45, 7) is 15.2. The van der Waals surface area contributed by atoms with Crippen LogP contribution in [0.2, 0.25) is 0 Å². The molecular formula is C31H44N4O6S2. The van der Waals surface area contributed by atoms with Crippen molar-refractivity contribution in [3.63, 3.8) is 0 Å². The number of nitrogens with one attached hydrogen (secondary N) is 1. The topological polar surface area (TPSA) is 127 Å². The van der Waals surface area contributed by atoms with E-state index in [1.807, 2.05) is 18.4 Å². The summed E-state index contributed by atoms with van der Waals surface area (Å²) in [5, 5.41) is 5.89. The zero-order chi connectivity index (χ0) is 31.8. The summed E-state index contributed by atoms with van der Waals surface area (Å²) in [7, 11) is 0. The molecule has 2 aliphatic rings. The Hall–Kier alpha value is -2.99. The Morgan fingerprint density at radius 1 is 1.28 bits per heavy atom. The third kappa shape index (κ3) is 10.6. The number of amides is 2. The van der Waals surface area contributed by atoms with Gasteiger partial charge in [-0.15, -0.1) is 29.7 Å². The average Bonchev–Trinajstić information content (AvgIpc) is 3.65. The number of hydrogen-bond donors (Lipinski definition) is 1. The van der Waals surface area contributed by atoms with Gasteiger partial charge in [0.2, 0.25) is 0 Å². The fourth-order valence-corrected chi connectivity index (χ4v) is 6.60. The fraction of sp³-hybridized carbons (Fsp3) is 0.613. The quantitative estimate of drug-likeness (QED) is 0.169. The van der Waals surface area contributed by atoms with E-state index in [-0.39, 0.29) is 24.7 Å². The minimum atomic E-state index is -1.05. The number of thiazole rings is 1. The van der Waals surface area contributed by atoms with Crippen LogP contribution in [0.15, 0.2) is 34.7 Å². The van der Waals surface area contributed by atoms with E-state index in [1.54, 1.807) is 38.7 Å². The maximum atomic E-state index is 13.8. The molecular weight excluding hydrogens is 588 g/mol. The third-order valence-corrected chi connectivity index (χ3v) is 8.85. The Bertz CT molecular complexity index is 1270. The number of carbonyl (C=O) groups excluding carboxylic acids is 4. The molecule has 3 rings (SSSR count). The molecule has 0 spiro atoms. The molecule has 0 saturated carbocycles. The number of thioether (sulfide) groups is 1. The second kappa shape index (κ2) is 15.1. The Kier molecular flexibility index (Phi) is 12.1. The highest BCUT2D eigenvalue weighted by Crippen LogP contribution is 2.35. The van der Waals surface area contributed by atoms with E-state index in [9.17, 15) is 19.2 Å². The zero-order valence-electron chi connectivity index (χ0n) is 26.1. The lowest BCUT2D eigenvalue weighted by molar-refractivity contribution is -0.157. The van der Waals surface area contributed by atoms with E-state index in [2.05, 4.69) is 16.9 Å². The highest BCUT2D eigenvalue weighted by atomic mass is 32.2. The van der Waals surface area contributed by atoms with Crippen molar-refractivity contribution in [1.29, 1.82) is 0 Å². The minimum absolute atomic E-state index is 0.0769. The van der Waals surface area contributed by atoms with Crippen LogP contribution < -0.4 is 5.32 Å². The van der Waals surface area contributed by atoms with Gasteiger partial charge in [0.1, 0.15) is 44.8 Å². The van der Waals surface area contributed by atoms with Gasteiger partial charge in [0.25, 0.3) is 5.91 Å². The molecule has 0 aromatic carbocycles. The van der Waals surface area contributed by atoms with Crippen LogP contribution in [-0.4, -0.2) is 74.3 Å². The largest absolute Gasteiger partial charge is 0.456 e. The van der Waals surface area contributed by atoms with Gasteiger partial charge in [-0.1, -0.05) is 11.6 Å².